The first-order valence-corrected chi connectivity index (χ1v) is 7.54. The van der Waals surface area contributed by atoms with Crippen LogP contribution in [0.3, 0.4) is 0 Å². The number of fused-ring (bicyclic) bond motifs is 1. The van der Waals surface area contributed by atoms with Gasteiger partial charge in [-0.3, -0.25) is 14.7 Å². The highest BCUT2D eigenvalue weighted by Crippen LogP contribution is 2.34. The van der Waals surface area contributed by atoms with Gasteiger partial charge in [0.2, 0.25) is 5.91 Å². The van der Waals surface area contributed by atoms with Crippen LogP contribution in [0.2, 0.25) is 0 Å². The van der Waals surface area contributed by atoms with E-state index in [-0.39, 0.29) is 0 Å². The van der Waals surface area contributed by atoms with Crippen LogP contribution in [0.1, 0.15) is 38.1 Å². The van der Waals surface area contributed by atoms with E-state index in [9.17, 15) is 4.79 Å². The molecule has 20 heavy (non-hydrogen) atoms. The van der Waals surface area contributed by atoms with Crippen molar-refractivity contribution < 1.29 is 4.79 Å². The molecule has 1 aromatic rings. The summed E-state index contributed by atoms with van der Waals surface area (Å²) in [5, 5.41) is 0. The molecule has 3 heterocycles. The van der Waals surface area contributed by atoms with Crippen molar-refractivity contribution in [2.75, 3.05) is 6.54 Å². The van der Waals surface area contributed by atoms with Gasteiger partial charge in [-0.25, -0.2) is 0 Å². The Labute approximate surface area is 120 Å². The van der Waals surface area contributed by atoms with Gasteiger partial charge >= 0.3 is 0 Å². The number of carbonyl (C=O) groups excluding carboxylic acids is 1. The van der Waals surface area contributed by atoms with Gasteiger partial charge in [-0.05, 0) is 39.3 Å². The molecule has 0 unspecified atom stereocenters. The van der Waals surface area contributed by atoms with E-state index in [1.165, 1.54) is 0 Å². The molecule has 108 valence electrons. The zero-order valence-electron chi connectivity index (χ0n) is 12.5. The molecular weight excluding hydrogens is 250 g/mol. The third-order valence-corrected chi connectivity index (χ3v) is 4.52. The summed E-state index contributed by atoms with van der Waals surface area (Å²) >= 11 is 0. The van der Waals surface area contributed by atoms with Crippen LogP contribution in [-0.2, 0) is 11.3 Å². The molecule has 1 aromatic heterocycles. The zero-order valence-corrected chi connectivity index (χ0v) is 12.5. The number of likely N-dealkylation sites (tertiary alicyclic amines) is 2. The Morgan fingerprint density at radius 2 is 2.15 bits per heavy atom. The van der Waals surface area contributed by atoms with Crippen LogP contribution < -0.4 is 0 Å². The van der Waals surface area contributed by atoms with Gasteiger partial charge in [0.05, 0.1) is 5.69 Å². The first-order chi connectivity index (χ1) is 9.56. The standard InChI is InChI=1S/C16H23N3O/c1-11(2)19-14-7-8-18(15(14)9-16(19)20)10-13-6-4-5-12(3)17-13/h4-6,11,14-15H,7-10H2,1-3H3/t14-,15-/m1/s1. The van der Waals surface area contributed by atoms with Crippen molar-refractivity contribution >= 4 is 5.91 Å². The van der Waals surface area contributed by atoms with Crippen molar-refractivity contribution in [1.82, 2.24) is 14.8 Å². The second kappa shape index (κ2) is 5.17. The molecule has 2 fully saturated rings. The van der Waals surface area contributed by atoms with Crippen LogP contribution >= 0.6 is 0 Å². The lowest BCUT2D eigenvalue weighted by atomic mass is 10.1. The maximum atomic E-state index is 12.2. The third kappa shape index (κ3) is 2.33. The smallest absolute Gasteiger partial charge is 0.224 e. The van der Waals surface area contributed by atoms with E-state index < -0.39 is 0 Å². The number of aryl methyl sites for hydroxylation is 1. The maximum absolute atomic E-state index is 12.2. The Hall–Kier alpha value is -1.42. The number of nitrogens with zero attached hydrogens (tertiary/aromatic N) is 3. The molecule has 0 N–H and O–H groups in total. The fraction of sp³-hybridized carbons (Fsp3) is 0.625. The number of carbonyl (C=O) groups is 1. The molecular formula is C16H23N3O. The minimum Gasteiger partial charge on any atom is -0.336 e. The van der Waals surface area contributed by atoms with Crippen LogP contribution in [0.25, 0.3) is 0 Å². The summed E-state index contributed by atoms with van der Waals surface area (Å²) in [6.45, 7) is 8.19. The molecule has 0 spiro atoms. The van der Waals surface area contributed by atoms with E-state index >= 15 is 0 Å². The monoisotopic (exact) mass is 273 g/mol. The van der Waals surface area contributed by atoms with Gasteiger partial charge in [-0.2, -0.15) is 0 Å². The van der Waals surface area contributed by atoms with Crippen LogP contribution in [0.5, 0.6) is 0 Å². The Kier molecular flexibility index (Phi) is 3.50. The quantitative estimate of drug-likeness (QED) is 0.845. The number of pyridine rings is 1. The van der Waals surface area contributed by atoms with Crippen LogP contribution in [0, 0.1) is 6.92 Å². The molecule has 0 aliphatic carbocycles. The van der Waals surface area contributed by atoms with Crippen molar-refractivity contribution in [2.24, 2.45) is 0 Å². The van der Waals surface area contributed by atoms with E-state index in [1.807, 2.05) is 13.0 Å². The van der Waals surface area contributed by atoms with E-state index in [0.717, 1.165) is 30.9 Å². The minimum absolute atomic E-state index is 0.314. The number of amides is 1. The highest BCUT2D eigenvalue weighted by atomic mass is 16.2. The van der Waals surface area contributed by atoms with Gasteiger partial charge in [0.15, 0.2) is 0 Å². The molecule has 2 aliphatic rings. The summed E-state index contributed by atoms with van der Waals surface area (Å²) < 4.78 is 0. The predicted molar refractivity (Wildman–Crippen MR) is 78.2 cm³/mol. The second-order valence-corrected chi connectivity index (χ2v) is 6.26. The summed E-state index contributed by atoms with van der Waals surface area (Å²) in [4.78, 5) is 21.3. The van der Waals surface area contributed by atoms with Gasteiger partial charge in [-0.15, -0.1) is 0 Å². The van der Waals surface area contributed by atoms with Gasteiger partial charge in [0, 0.05) is 43.3 Å². The summed E-state index contributed by atoms with van der Waals surface area (Å²) in [7, 11) is 0. The average molecular weight is 273 g/mol. The summed E-state index contributed by atoms with van der Waals surface area (Å²) in [6, 6.07) is 7.27. The van der Waals surface area contributed by atoms with E-state index in [1.54, 1.807) is 0 Å². The van der Waals surface area contributed by atoms with Gasteiger partial charge < -0.3 is 4.90 Å². The number of aromatic nitrogens is 1. The molecule has 2 saturated heterocycles. The van der Waals surface area contributed by atoms with E-state index in [4.69, 9.17) is 0 Å². The van der Waals surface area contributed by atoms with Crippen LogP contribution in [0.15, 0.2) is 18.2 Å². The normalized spacial score (nSPS) is 26.6. The topological polar surface area (TPSA) is 36.4 Å². The number of hydrogen-bond donors (Lipinski definition) is 0. The molecule has 0 aromatic carbocycles. The van der Waals surface area contributed by atoms with E-state index in [0.29, 0.717) is 30.5 Å². The Bertz CT molecular complexity index is 514. The number of rotatable bonds is 3. The number of hydrogen-bond acceptors (Lipinski definition) is 3. The summed E-state index contributed by atoms with van der Waals surface area (Å²) in [5.41, 5.74) is 2.17. The van der Waals surface area contributed by atoms with Crippen molar-refractivity contribution in [1.29, 1.82) is 0 Å². The highest BCUT2D eigenvalue weighted by molar-refractivity contribution is 5.80. The molecule has 2 atom stereocenters. The lowest BCUT2D eigenvalue weighted by Gasteiger charge is -2.28. The Morgan fingerprint density at radius 3 is 2.85 bits per heavy atom. The zero-order chi connectivity index (χ0) is 14.3. The molecule has 0 bridgehead atoms. The molecule has 2 aliphatic heterocycles. The molecule has 1 amide bonds. The highest BCUT2D eigenvalue weighted by Gasteiger charge is 2.47. The molecule has 0 radical (unpaired) electrons. The molecule has 4 heteroatoms. The van der Waals surface area contributed by atoms with Gasteiger partial charge in [0.25, 0.3) is 0 Å². The SMILES string of the molecule is Cc1cccc(CN2CC[C@@H]3[C@H]2CC(=O)N3C(C)C)n1. The largest absolute Gasteiger partial charge is 0.336 e. The average Bonchev–Trinajstić information content (AvgIpc) is 2.88. The van der Waals surface area contributed by atoms with E-state index in [2.05, 4.69) is 40.8 Å². The Balaban J connectivity index is 1.73. The molecule has 3 rings (SSSR count). The van der Waals surface area contributed by atoms with Crippen molar-refractivity contribution in [3.05, 3.63) is 29.6 Å². The van der Waals surface area contributed by atoms with Crippen molar-refractivity contribution in [3.8, 4) is 0 Å². The van der Waals surface area contributed by atoms with Crippen molar-refractivity contribution in [3.63, 3.8) is 0 Å². The Morgan fingerprint density at radius 1 is 1.35 bits per heavy atom. The lowest BCUT2D eigenvalue weighted by Crippen LogP contribution is -2.41. The maximum Gasteiger partial charge on any atom is 0.224 e. The summed E-state index contributed by atoms with van der Waals surface area (Å²) in [5.74, 6) is 0.317. The fourth-order valence-electron chi connectivity index (χ4n) is 3.72. The van der Waals surface area contributed by atoms with Gasteiger partial charge in [-0.1, -0.05) is 6.07 Å². The summed E-state index contributed by atoms with van der Waals surface area (Å²) in [6.07, 6.45) is 1.77. The molecule has 0 saturated carbocycles. The minimum atomic E-state index is 0.314. The predicted octanol–water partition coefficient (Wildman–Crippen LogP) is 1.97. The van der Waals surface area contributed by atoms with Crippen LogP contribution in [-0.4, -0.2) is 45.4 Å². The first kappa shape index (κ1) is 13.6. The van der Waals surface area contributed by atoms with Crippen LogP contribution in [0.4, 0.5) is 0 Å². The first-order valence-electron chi connectivity index (χ1n) is 7.54. The van der Waals surface area contributed by atoms with Gasteiger partial charge in [0.1, 0.15) is 0 Å². The lowest BCUT2D eigenvalue weighted by molar-refractivity contribution is -0.130. The molecule has 4 nitrogen and oxygen atoms in total. The second-order valence-electron chi connectivity index (χ2n) is 6.26. The van der Waals surface area contributed by atoms with Crippen molar-refractivity contribution in [2.45, 2.75) is 58.3 Å². The third-order valence-electron chi connectivity index (χ3n) is 4.52. The fourth-order valence-corrected chi connectivity index (χ4v) is 3.72.